The molecular weight excluding hydrogens is 213 g/mol. The molecule has 0 spiro atoms. The van der Waals surface area contributed by atoms with Crippen molar-refractivity contribution in [2.75, 3.05) is 0 Å². The Labute approximate surface area is 103 Å². The van der Waals surface area contributed by atoms with E-state index in [2.05, 4.69) is 13.8 Å². The van der Waals surface area contributed by atoms with E-state index in [1.54, 1.807) is 12.1 Å². The van der Waals surface area contributed by atoms with Gasteiger partial charge in [-0.25, -0.2) is 4.39 Å². The van der Waals surface area contributed by atoms with Crippen LogP contribution in [0, 0.1) is 18.2 Å². The molecule has 2 rings (SSSR count). The van der Waals surface area contributed by atoms with E-state index in [9.17, 15) is 4.39 Å². The predicted octanol–water partition coefficient (Wildman–Crippen LogP) is 3.89. The lowest BCUT2D eigenvalue weighted by molar-refractivity contribution is 0.162. The molecule has 0 aliphatic heterocycles. The summed E-state index contributed by atoms with van der Waals surface area (Å²) in [5, 5.41) is 0. The van der Waals surface area contributed by atoms with Crippen LogP contribution in [0.25, 0.3) is 0 Å². The van der Waals surface area contributed by atoms with E-state index in [0.29, 0.717) is 11.0 Å². The summed E-state index contributed by atoms with van der Waals surface area (Å²) in [6.07, 6.45) is 3.88. The summed E-state index contributed by atoms with van der Waals surface area (Å²) in [5.41, 5.74) is 8.10. The van der Waals surface area contributed by atoms with Crippen molar-refractivity contribution in [2.24, 2.45) is 11.1 Å². The highest BCUT2D eigenvalue weighted by Crippen LogP contribution is 2.44. The first-order valence-electron chi connectivity index (χ1n) is 6.38. The summed E-state index contributed by atoms with van der Waals surface area (Å²) < 4.78 is 13.9. The molecule has 1 saturated carbocycles. The second-order valence-electron chi connectivity index (χ2n) is 6.30. The van der Waals surface area contributed by atoms with E-state index < -0.39 is 5.54 Å². The zero-order chi connectivity index (χ0) is 12.7. The molecule has 1 nitrogen and oxygen atoms in total. The molecule has 1 aliphatic rings. The van der Waals surface area contributed by atoms with Crippen molar-refractivity contribution >= 4 is 0 Å². The first-order valence-corrected chi connectivity index (χ1v) is 6.38. The van der Waals surface area contributed by atoms with Gasteiger partial charge in [0.25, 0.3) is 0 Å². The third-order valence-electron chi connectivity index (χ3n) is 4.15. The van der Waals surface area contributed by atoms with Gasteiger partial charge in [0.15, 0.2) is 0 Å². The summed E-state index contributed by atoms with van der Waals surface area (Å²) in [6, 6.07) is 5.25. The van der Waals surface area contributed by atoms with Gasteiger partial charge in [-0.15, -0.1) is 0 Å². The lowest BCUT2D eigenvalue weighted by Crippen LogP contribution is -2.43. The first kappa shape index (κ1) is 12.6. The number of benzene rings is 1. The minimum Gasteiger partial charge on any atom is -0.321 e. The number of hydrogen-bond acceptors (Lipinski definition) is 1. The number of aryl methyl sites for hydroxylation is 1. The molecule has 94 valence electrons. The molecule has 1 aliphatic carbocycles. The minimum absolute atomic E-state index is 0.155. The van der Waals surface area contributed by atoms with Crippen LogP contribution in [0.4, 0.5) is 4.39 Å². The normalized spacial score (nSPS) is 22.4. The highest BCUT2D eigenvalue weighted by molar-refractivity contribution is 5.31. The molecule has 0 radical (unpaired) electrons. The fourth-order valence-electron chi connectivity index (χ4n) is 2.66. The summed E-state index contributed by atoms with van der Waals surface area (Å²) in [5.74, 6) is -0.155. The lowest BCUT2D eigenvalue weighted by Gasteiger charge is -2.41. The Balaban J connectivity index is 2.30. The van der Waals surface area contributed by atoms with E-state index >= 15 is 0 Å². The van der Waals surface area contributed by atoms with Crippen LogP contribution in [0.5, 0.6) is 0 Å². The Morgan fingerprint density at radius 1 is 1.12 bits per heavy atom. The van der Waals surface area contributed by atoms with Gasteiger partial charge in [0.1, 0.15) is 5.82 Å². The Kier molecular flexibility index (Phi) is 3.03. The SMILES string of the molecule is Cc1ccc(F)c(C2(N)CCC(C)(C)CC2)c1. The average molecular weight is 235 g/mol. The molecule has 1 aromatic carbocycles. The highest BCUT2D eigenvalue weighted by Gasteiger charge is 2.38. The molecule has 17 heavy (non-hydrogen) atoms. The number of halogens is 1. The van der Waals surface area contributed by atoms with Crippen molar-refractivity contribution in [3.05, 3.63) is 35.1 Å². The molecule has 0 aromatic heterocycles. The van der Waals surface area contributed by atoms with Crippen LogP contribution >= 0.6 is 0 Å². The molecule has 1 fully saturated rings. The van der Waals surface area contributed by atoms with Gasteiger partial charge in [-0.3, -0.25) is 0 Å². The monoisotopic (exact) mass is 235 g/mol. The van der Waals surface area contributed by atoms with Crippen molar-refractivity contribution in [3.8, 4) is 0 Å². The molecule has 2 heteroatoms. The molecule has 0 amide bonds. The second kappa shape index (κ2) is 4.09. The lowest BCUT2D eigenvalue weighted by atomic mass is 9.67. The summed E-state index contributed by atoms with van der Waals surface area (Å²) in [7, 11) is 0. The molecule has 0 saturated heterocycles. The maximum atomic E-state index is 13.9. The van der Waals surface area contributed by atoms with Crippen LogP contribution < -0.4 is 5.73 Å². The largest absolute Gasteiger partial charge is 0.321 e. The highest BCUT2D eigenvalue weighted by atomic mass is 19.1. The van der Waals surface area contributed by atoms with Gasteiger partial charge in [-0.2, -0.15) is 0 Å². The maximum Gasteiger partial charge on any atom is 0.128 e. The topological polar surface area (TPSA) is 26.0 Å². The standard InChI is InChI=1S/C15H22FN/c1-11-4-5-13(16)12(10-11)15(17)8-6-14(2,3)7-9-15/h4-5,10H,6-9,17H2,1-3H3. The Morgan fingerprint density at radius 2 is 1.71 bits per heavy atom. The van der Waals surface area contributed by atoms with E-state index in [0.717, 1.165) is 31.2 Å². The van der Waals surface area contributed by atoms with Crippen molar-refractivity contribution in [3.63, 3.8) is 0 Å². The first-order chi connectivity index (χ1) is 7.82. The van der Waals surface area contributed by atoms with E-state index in [1.807, 2.05) is 13.0 Å². The summed E-state index contributed by atoms with van der Waals surface area (Å²) in [4.78, 5) is 0. The third kappa shape index (κ3) is 2.52. The van der Waals surface area contributed by atoms with Crippen LogP contribution in [-0.2, 0) is 5.54 Å². The Hall–Kier alpha value is -0.890. The minimum atomic E-state index is -0.467. The zero-order valence-corrected chi connectivity index (χ0v) is 11.0. The van der Waals surface area contributed by atoms with Crippen molar-refractivity contribution < 1.29 is 4.39 Å². The summed E-state index contributed by atoms with van der Waals surface area (Å²) >= 11 is 0. The molecule has 0 unspecified atom stereocenters. The molecule has 0 atom stereocenters. The van der Waals surface area contributed by atoms with E-state index in [-0.39, 0.29) is 5.82 Å². The van der Waals surface area contributed by atoms with E-state index in [1.165, 1.54) is 0 Å². The number of hydrogen-bond donors (Lipinski definition) is 1. The maximum absolute atomic E-state index is 13.9. The molecular formula is C15H22FN. The fourth-order valence-corrected chi connectivity index (χ4v) is 2.66. The average Bonchev–Trinajstić information content (AvgIpc) is 2.26. The van der Waals surface area contributed by atoms with E-state index in [4.69, 9.17) is 5.73 Å². The predicted molar refractivity (Wildman–Crippen MR) is 69.3 cm³/mol. The van der Waals surface area contributed by atoms with Crippen molar-refractivity contribution in [1.29, 1.82) is 0 Å². The van der Waals surface area contributed by atoms with Crippen LogP contribution in [0.2, 0.25) is 0 Å². The van der Waals surface area contributed by atoms with Crippen molar-refractivity contribution in [1.82, 2.24) is 0 Å². The third-order valence-corrected chi connectivity index (χ3v) is 4.15. The van der Waals surface area contributed by atoms with Gasteiger partial charge in [0.2, 0.25) is 0 Å². The van der Waals surface area contributed by atoms with Crippen molar-refractivity contribution in [2.45, 2.75) is 52.0 Å². The molecule has 1 aromatic rings. The smallest absolute Gasteiger partial charge is 0.128 e. The van der Waals surface area contributed by atoms with Crippen LogP contribution in [0.3, 0.4) is 0 Å². The van der Waals surface area contributed by atoms with Crippen LogP contribution in [0.1, 0.15) is 50.7 Å². The zero-order valence-electron chi connectivity index (χ0n) is 11.0. The second-order valence-corrected chi connectivity index (χ2v) is 6.30. The molecule has 0 bridgehead atoms. The van der Waals surface area contributed by atoms with Gasteiger partial charge >= 0.3 is 0 Å². The Morgan fingerprint density at radius 3 is 2.29 bits per heavy atom. The van der Waals surface area contributed by atoms with Gasteiger partial charge in [0.05, 0.1) is 0 Å². The van der Waals surface area contributed by atoms with Crippen LogP contribution in [-0.4, -0.2) is 0 Å². The fraction of sp³-hybridized carbons (Fsp3) is 0.600. The van der Waals surface area contributed by atoms with Gasteiger partial charge in [0, 0.05) is 11.1 Å². The number of rotatable bonds is 1. The van der Waals surface area contributed by atoms with Gasteiger partial charge in [-0.05, 0) is 44.1 Å². The van der Waals surface area contributed by atoms with Crippen LogP contribution in [0.15, 0.2) is 18.2 Å². The van der Waals surface area contributed by atoms with Gasteiger partial charge in [-0.1, -0.05) is 31.5 Å². The van der Waals surface area contributed by atoms with Gasteiger partial charge < -0.3 is 5.73 Å². The summed E-state index contributed by atoms with van der Waals surface area (Å²) in [6.45, 7) is 6.51. The number of nitrogens with two attached hydrogens (primary N) is 1. The quantitative estimate of drug-likeness (QED) is 0.785. The molecule has 0 heterocycles. The Bertz CT molecular complexity index is 413. The molecule has 2 N–H and O–H groups in total.